The lowest BCUT2D eigenvalue weighted by Gasteiger charge is -2.21. The van der Waals surface area contributed by atoms with Gasteiger partial charge < -0.3 is 18.6 Å². The van der Waals surface area contributed by atoms with Crippen LogP contribution in [0.5, 0.6) is 0 Å². The Morgan fingerprint density at radius 1 is 0.389 bits per heavy atom. The lowest BCUT2D eigenvalue weighted by Crippen LogP contribution is -2.21. The van der Waals surface area contributed by atoms with Crippen LogP contribution < -0.4 is 21.1 Å². The number of anilines is 2. The minimum absolute atomic E-state index is 0.347. The van der Waals surface area contributed by atoms with Crippen LogP contribution in [0, 0.1) is 0 Å². The standard InChI is InChI=1S/C48H42N2O4/c1-5-49(6-2)41-22-20-38-27-43(47(51)53-45(38)29-41)33-16-12-31(13-17-33)35-18-14-32-15-19-36(26-40(32)25-35)34-10-9-11-37(24-34)44-28-39-21-23-42(50(7-3)8-4)30-46(39)54-48(44)52/h9-30H,5-8H2,1-4H3. The van der Waals surface area contributed by atoms with Crippen molar-refractivity contribution in [3.05, 3.63) is 154 Å². The van der Waals surface area contributed by atoms with E-state index in [1.54, 1.807) is 0 Å². The molecule has 0 unspecified atom stereocenters. The summed E-state index contributed by atoms with van der Waals surface area (Å²) in [5, 5.41) is 4.02. The third-order valence-electron chi connectivity index (χ3n) is 10.6. The topological polar surface area (TPSA) is 66.9 Å². The molecule has 268 valence electrons. The Morgan fingerprint density at radius 2 is 0.815 bits per heavy atom. The van der Waals surface area contributed by atoms with Gasteiger partial charge in [-0.3, -0.25) is 0 Å². The molecular formula is C48H42N2O4. The van der Waals surface area contributed by atoms with E-state index in [9.17, 15) is 9.59 Å². The van der Waals surface area contributed by atoms with Gasteiger partial charge in [0.1, 0.15) is 11.2 Å². The molecule has 0 amide bonds. The molecule has 0 aliphatic rings. The number of hydrogen-bond acceptors (Lipinski definition) is 6. The van der Waals surface area contributed by atoms with Gasteiger partial charge in [0.2, 0.25) is 0 Å². The number of hydrogen-bond donors (Lipinski definition) is 0. The molecule has 2 heterocycles. The summed E-state index contributed by atoms with van der Waals surface area (Å²) >= 11 is 0. The maximum absolute atomic E-state index is 13.3. The van der Waals surface area contributed by atoms with Gasteiger partial charge in [-0.1, -0.05) is 66.7 Å². The van der Waals surface area contributed by atoms with Gasteiger partial charge in [0.25, 0.3) is 0 Å². The molecule has 0 N–H and O–H groups in total. The quantitative estimate of drug-likeness (QED) is 0.132. The summed E-state index contributed by atoms with van der Waals surface area (Å²) in [7, 11) is 0. The molecule has 2 aromatic heterocycles. The fourth-order valence-electron chi connectivity index (χ4n) is 7.49. The molecule has 0 aliphatic heterocycles. The zero-order valence-electron chi connectivity index (χ0n) is 31.1. The van der Waals surface area contributed by atoms with E-state index in [4.69, 9.17) is 8.83 Å². The molecule has 6 heteroatoms. The molecule has 6 nitrogen and oxygen atoms in total. The largest absolute Gasteiger partial charge is 0.422 e. The highest BCUT2D eigenvalue weighted by atomic mass is 16.4. The third kappa shape index (κ3) is 6.56. The predicted octanol–water partition coefficient (Wildman–Crippen LogP) is 11.4. The highest BCUT2D eigenvalue weighted by molar-refractivity contribution is 5.92. The van der Waals surface area contributed by atoms with Crippen LogP contribution in [0.15, 0.2) is 152 Å². The lowest BCUT2D eigenvalue weighted by molar-refractivity contribution is 0.563. The normalized spacial score (nSPS) is 11.4. The van der Waals surface area contributed by atoms with E-state index < -0.39 is 0 Å². The van der Waals surface area contributed by atoms with E-state index in [1.165, 1.54) is 0 Å². The highest BCUT2D eigenvalue weighted by Gasteiger charge is 2.13. The van der Waals surface area contributed by atoms with Crippen LogP contribution in [-0.2, 0) is 0 Å². The minimum Gasteiger partial charge on any atom is -0.422 e. The molecule has 54 heavy (non-hydrogen) atoms. The van der Waals surface area contributed by atoms with Gasteiger partial charge in [-0.2, -0.15) is 0 Å². The van der Waals surface area contributed by atoms with Gasteiger partial charge in [-0.05, 0) is 126 Å². The van der Waals surface area contributed by atoms with Crippen molar-refractivity contribution in [1.82, 2.24) is 0 Å². The Hall–Kier alpha value is -6.40. The van der Waals surface area contributed by atoms with Gasteiger partial charge >= 0.3 is 11.3 Å². The van der Waals surface area contributed by atoms with Crippen molar-refractivity contribution in [3.63, 3.8) is 0 Å². The Morgan fingerprint density at radius 3 is 1.35 bits per heavy atom. The van der Waals surface area contributed by atoms with Gasteiger partial charge in [-0.25, -0.2) is 9.59 Å². The molecule has 0 fully saturated rings. The van der Waals surface area contributed by atoms with Crippen molar-refractivity contribution in [1.29, 1.82) is 0 Å². The molecule has 0 atom stereocenters. The number of rotatable bonds is 10. The zero-order chi connectivity index (χ0) is 37.3. The first-order valence-electron chi connectivity index (χ1n) is 18.8. The summed E-state index contributed by atoms with van der Waals surface area (Å²) in [4.78, 5) is 30.9. The Bertz CT molecular complexity index is 2770. The van der Waals surface area contributed by atoms with Crippen LogP contribution in [0.25, 0.3) is 77.2 Å². The summed E-state index contributed by atoms with van der Waals surface area (Å²) in [5.41, 5.74) is 9.48. The van der Waals surface area contributed by atoms with Crippen LogP contribution in [0.3, 0.4) is 0 Å². The average molecular weight is 711 g/mol. The summed E-state index contributed by atoms with van der Waals surface area (Å²) in [6, 6.07) is 45.0. The molecule has 8 rings (SSSR count). The molecular weight excluding hydrogens is 669 g/mol. The highest BCUT2D eigenvalue weighted by Crippen LogP contribution is 2.33. The van der Waals surface area contributed by atoms with Crippen molar-refractivity contribution >= 4 is 44.1 Å². The van der Waals surface area contributed by atoms with Crippen LogP contribution in [0.1, 0.15) is 27.7 Å². The fourth-order valence-corrected chi connectivity index (χ4v) is 7.49. The second kappa shape index (κ2) is 14.6. The summed E-state index contributed by atoms with van der Waals surface area (Å²) in [6.07, 6.45) is 0. The second-order valence-electron chi connectivity index (χ2n) is 13.6. The van der Waals surface area contributed by atoms with E-state index in [2.05, 4.69) is 110 Å². The summed E-state index contributed by atoms with van der Waals surface area (Å²) in [6.45, 7) is 12.0. The Balaban J connectivity index is 1.07. The second-order valence-corrected chi connectivity index (χ2v) is 13.6. The summed E-state index contributed by atoms with van der Waals surface area (Å²) < 4.78 is 11.7. The van der Waals surface area contributed by atoms with Crippen LogP contribution in [0.2, 0.25) is 0 Å². The molecule has 0 radical (unpaired) electrons. The molecule has 8 aromatic rings. The van der Waals surface area contributed by atoms with E-state index >= 15 is 0 Å². The van der Waals surface area contributed by atoms with Crippen LogP contribution in [-0.4, -0.2) is 26.2 Å². The zero-order valence-corrected chi connectivity index (χ0v) is 31.1. The van der Waals surface area contributed by atoms with E-state index in [-0.39, 0.29) is 11.3 Å². The minimum atomic E-state index is -0.350. The SMILES string of the molecule is CCN(CC)c1ccc2cc(-c3ccc(-c4ccc5ccc(-c6cccc(-c7cc8ccc(N(CC)CC)cc8oc7=O)c6)cc5c4)cc3)c(=O)oc2c1. The van der Waals surface area contributed by atoms with E-state index in [0.29, 0.717) is 22.3 Å². The molecule has 0 spiro atoms. The van der Waals surface area contributed by atoms with Gasteiger partial charge in [0, 0.05) is 60.5 Å². The third-order valence-corrected chi connectivity index (χ3v) is 10.6. The monoisotopic (exact) mass is 710 g/mol. The molecule has 0 saturated heterocycles. The maximum Gasteiger partial charge on any atom is 0.344 e. The van der Waals surface area contributed by atoms with Crippen LogP contribution >= 0.6 is 0 Å². The Kier molecular flexibility index (Phi) is 9.34. The van der Waals surface area contributed by atoms with E-state index in [0.717, 1.165) is 92.5 Å². The number of nitrogens with zero attached hydrogens (tertiary/aromatic N) is 2. The average Bonchev–Trinajstić information content (AvgIpc) is 3.21. The van der Waals surface area contributed by atoms with Crippen LogP contribution in [0.4, 0.5) is 11.4 Å². The molecule has 0 bridgehead atoms. The smallest absolute Gasteiger partial charge is 0.344 e. The Labute approximate surface area is 314 Å². The molecule has 0 aliphatic carbocycles. The van der Waals surface area contributed by atoms with Crippen molar-refractivity contribution in [3.8, 4) is 44.5 Å². The predicted molar refractivity (Wildman–Crippen MR) is 225 cm³/mol. The van der Waals surface area contributed by atoms with Gasteiger partial charge in [0.05, 0.1) is 11.1 Å². The summed E-state index contributed by atoms with van der Waals surface area (Å²) in [5.74, 6) is 0. The van der Waals surface area contributed by atoms with Crippen molar-refractivity contribution in [2.75, 3.05) is 36.0 Å². The maximum atomic E-state index is 13.3. The first-order valence-corrected chi connectivity index (χ1v) is 18.8. The van der Waals surface area contributed by atoms with Crippen molar-refractivity contribution in [2.24, 2.45) is 0 Å². The van der Waals surface area contributed by atoms with Gasteiger partial charge in [0.15, 0.2) is 0 Å². The van der Waals surface area contributed by atoms with Crippen molar-refractivity contribution in [2.45, 2.75) is 27.7 Å². The van der Waals surface area contributed by atoms with Gasteiger partial charge in [-0.15, -0.1) is 0 Å². The fraction of sp³-hybridized carbons (Fsp3) is 0.167. The first-order chi connectivity index (χ1) is 26.3. The van der Waals surface area contributed by atoms with E-state index in [1.807, 2.05) is 60.7 Å². The first kappa shape index (κ1) is 34.7. The lowest BCUT2D eigenvalue weighted by atomic mass is 9.95. The molecule has 0 saturated carbocycles. The number of benzene rings is 6. The van der Waals surface area contributed by atoms with Crippen molar-refractivity contribution < 1.29 is 8.83 Å². The molecule has 6 aromatic carbocycles. The number of fused-ring (bicyclic) bond motifs is 3.